The summed E-state index contributed by atoms with van der Waals surface area (Å²) in [5.74, 6) is 0. The third kappa shape index (κ3) is 5.40. The van der Waals surface area contributed by atoms with Crippen LogP contribution in [0.2, 0.25) is 0 Å². The summed E-state index contributed by atoms with van der Waals surface area (Å²) in [7, 11) is 0. The van der Waals surface area contributed by atoms with E-state index in [1.165, 1.54) is 0 Å². The maximum Gasteiger partial charge on any atom is 0.274 e. The van der Waals surface area contributed by atoms with Gasteiger partial charge in [0.05, 0.1) is 33.7 Å². The molecule has 0 spiro atoms. The van der Waals surface area contributed by atoms with Crippen LogP contribution in [0.3, 0.4) is 0 Å². The lowest BCUT2D eigenvalue weighted by molar-refractivity contribution is 1.21. The summed E-state index contributed by atoms with van der Waals surface area (Å²) in [5.41, 5.74) is 7.35. The zero-order chi connectivity index (χ0) is 27.5. The Morgan fingerprint density at radius 1 is 0.692 bits per heavy atom. The van der Waals surface area contributed by atoms with Crippen molar-refractivity contribution in [2.24, 2.45) is 0 Å². The second-order valence-electron chi connectivity index (χ2n) is 8.96. The molecule has 8 heteroatoms. The first-order valence-corrected chi connectivity index (χ1v) is 12.9. The molecular weight excluding hydrogens is 554 g/mol. The molecular formula is C31H22BrN5O2. The molecule has 2 aromatic heterocycles. The summed E-state index contributed by atoms with van der Waals surface area (Å²) in [6.07, 6.45) is 0. The standard InChI is InChI=1S/C16H11N3O.C15H11BrN2O/c1-10-6-7-11(9-17)8-12(10)15-16(20)19-14-5-3-2-4-13(14)18-15;1-9-6-7-10(16)8-11(9)14-15(19)18-13-5-3-2-4-12(13)17-14/h2-8H,1H3,(H,19,20);2-8H,1H3,(H,18,19). The number of nitriles is 1. The Labute approximate surface area is 232 Å². The Balaban J connectivity index is 0.000000158. The zero-order valence-corrected chi connectivity index (χ0v) is 22.7. The number of halogens is 1. The zero-order valence-electron chi connectivity index (χ0n) is 21.1. The van der Waals surface area contributed by atoms with Gasteiger partial charge in [-0.2, -0.15) is 5.26 Å². The largest absolute Gasteiger partial charge is 0.319 e. The lowest BCUT2D eigenvalue weighted by Gasteiger charge is -2.06. The maximum atomic E-state index is 12.2. The van der Waals surface area contributed by atoms with Gasteiger partial charge < -0.3 is 9.97 Å². The van der Waals surface area contributed by atoms with Crippen molar-refractivity contribution in [1.29, 1.82) is 5.26 Å². The van der Waals surface area contributed by atoms with Gasteiger partial charge in [-0.25, -0.2) is 9.97 Å². The molecule has 190 valence electrons. The van der Waals surface area contributed by atoms with Crippen LogP contribution < -0.4 is 11.1 Å². The molecule has 0 atom stereocenters. The first-order chi connectivity index (χ1) is 18.8. The number of benzene rings is 4. The van der Waals surface area contributed by atoms with E-state index in [-0.39, 0.29) is 11.1 Å². The molecule has 6 rings (SSSR count). The Kier molecular flexibility index (Phi) is 7.17. The molecule has 0 amide bonds. The fraction of sp³-hybridized carbons (Fsp3) is 0.0645. The molecule has 2 N–H and O–H groups in total. The smallest absolute Gasteiger partial charge is 0.274 e. The van der Waals surface area contributed by atoms with E-state index in [0.717, 1.165) is 37.7 Å². The van der Waals surface area contributed by atoms with Crippen LogP contribution in [0.4, 0.5) is 0 Å². The summed E-state index contributed by atoms with van der Waals surface area (Å²) >= 11 is 3.43. The molecule has 4 aromatic carbocycles. The van der Waals surface area contributed by atoms with Crippen molar-refractivity contribution in [1.82, 2.24) is 19.9 Å². The number of nitrogens with zero attached hydrogens (tertiary/aromatic N) is 3. The monoisotopic (exact) mass is 575 g/mol. The van der Waals surface area contributed by atoms with Gasteiger partial charge in [0.25, 0.3) is 11.1 Å². The van der Waals surface area contributed by atoms with Gasteiger partial charge in [-0.1, -0.05) is 52.3 Å². The predicted molar refractivity (Wildman–Crippen MR) is 157 cm³/mol. The van der Waals surface area contributed by atoms with Crippen LogP contribution in [-0.4, -0.2) is 19.9 Å². The predicted octanol–water partition coefficient (Wildman–Crippen LogP) is 6.43. The molecule has 0 unspecified atom stereocenters. The van der Waals surface area contributed by atoms with E-state index in [4.69, 9.17) is 5.26 Å². The first-order valence-electron chi connectivity index (χ1n) is 12.1. The van der Waals surface area contributed by atoms with Gasteiger partial charge in [-0.3, -0.25) is 9.59 Å². The molecule has 6 aromatic rings. The Hall–Kier alpha value is -4.87. The van der Waals surface area contributed by atoms with E-state index >= 15 is 0 Å². The van der Waals surface area contributed by atoms with Crippen molar-refractivity contribution in [3.05, 3.63) is 127 Å². The molecule has 2 heterocycles. The van der Waals surface area contributed by atoms with E-state index in [2.05, 4.69) is 41.9 Å². The first kappa shape index (κ1) is 25.8. The Morgan fingerprint density at radius 3 is 1.72 bits per heavy atom. The number of hydrogen-bond donors (Lipinski definition) is 2. The second kappa shape index (κ2) is 10.9. The molecule has 0 radical (unpaired) electrons. The fourth-order valence-electron chi connectivity index (χ4n) is 4.22. The topological polar surface area (TPSA) is 115 Å². The summed E-state index contributed by atoms with van der Waals surface area (Å²) in [6.45, 7) is 3.87. The van der Waals surface area contributed by atoms with E-state index in [1.807, 2.05) is 86.6 Å². The van der Waals surface area contributed by atoms with Crippen molar-refractivity contribution in [2.75, 3.05) is 0 Å². The second-order valence-corrected chi connectivity index (χ2v) is 9.88. The molecule has 0 fully saturated rings. The number of para-hydroxylation sites is 4. The van der Waals surface area contributed by atoms with E-state index in [0.29, 0.717) is 28.0 Å². The molecule has 7 nitrogen and oxygen atoms in total. The van der Waals surface area contributed by atoms with Gasteiger partial charge in [-0.05, 0) is 73.5 Å². The highest BCUT2D eigenvalue weighted by Crippen LogP contribution is 2.24. The Morgan fingerprint density at radius 2 is 1.18 bits per heavy atom. The lowest BCUT2D eigenvalue weighted by atomic mass is 10.0. The molecule has 0 aliphatic carbocycles. The number of aromatic amines is 2. The molecule has 39 heavy (non-hydrogen) atoms. The van der Waals surface area contributed by atoms with E-state index in [1.54, 1.807) is 12.1 Å². The molecule has 0 saturated heterocycles. The van der Waals surface area contributed by atoms with Crippen LogP contribution in [-0.2, 0) is 0 Å². The highest BCUT2D eigenvalue weighted by molar-refractivity contribution is 9.10. The van der Waals surface area contributed by atoms with Crippen molar-refractivity contribution < 1.29 is 0 Å². The van der Waals surface area contributed by atoms with Gasteiger partial charge in [0.15, 0.2) is 0 Å². The number of fused-ring (bicyclic) bond motifs is 2. The van der Waals surface area contributed by atoms with Gasteiger partial charge in [0, 0.05) is 15.6 Å². The van der Waals surface area contributed by atoms with Crippen molar-refractivity contribution in [3.63, 3.8) is 0 Å². The van der Waals surface area contributed by atoms with Crippen LogP contribution in [0.15, 0.2) is 99.0 Å². The summed E-state index contributed by atoms with van der Waals surface area (Å²) in [4.78, 5) is 38.9. The minimum atomic E-state index is -0.248. The third-order valence-electron chi connectivity index (χ3n) is 6.28. The van der Waals surface area contributed by atoms with Crippen molar-refractivity contribution in [2.45, 2.75) is 13.8 Å². The highest BCUT2D eigenvalue weighted by Gasteiger charge is 2.12. The Bertz CT molecular complexity index is 2020. The number of H-pyrrole nitrogens is 2. The average molecular weight is 576 g/mol. The normalized spacial score (nSPS) is 10.6. The number of hydrogen-bond acceptors (Lipinski definition) is 5. The quantitative estimate of drug-likeness (QED) is 0.247. The fourth-order valence-corrected chi connectivity index (χ4v) is 4.58. The van der Waals surface area contributed by atoms with Crippen LogP contribution in [0, 0.1) is 25.2 Å². The van der Waals surface area contributed by atoms with Gasteiger partial charge in [-0.15, -0.1) is 0 Å². The van der Waals surface area contributed by atoms with Crippen molar-refractivity contribution in [3.8, 4) is 28.6 Å². The maximum absolute atomic E-state index is 12.2. The molecule has 0 aliphatic rings. The van der Waals surface area contributed by atoms with Crippen LogP contribution in [0.25, 0.3) is 44.6 Å². The SMILES string of the molecule is Cc1ccc(Br)cc1-c1nc2ccccc2[nH]c1=O.Cc1ccc(C#N)cc1-c1nc2ccccc2[nH]c1=O. The lowest BCUT2D eigenvalue weighted by Crippen LogP contribution is -2.12. The summed E-state index contributed by atoms with van der Waals surface area (Å²) in [5, 5.41) is 8.98. The molecule has 0 bridgehead atoms. The average Bonchev–Trinajstić information content (AvgIpc) is 2.94. The van der Waals surface area contributed by atoms with E-state index in [9.17, 15) is 9.59 Å². The van der Waals surface area contributed by atoms with Gasteiger partial charge in [0.2, 0.25) is 0 Å². The van der Waals surface area contributed by atoms with Gasteiger partial charge in [0.1, 0.15) is 11.4 Å². The molecule has 0 aliphatic heterocycles. The van der Waals surface area contributed by atoms with Gasteiger partial charge >= 0.3 is 0 Å². The number of aryl methyl sites for hydroxylation is 2. The van der Waals surface area contributed by atoms with Crippen LogP contribution in [0.5, 0.6) is 0 Å². The van der Waals surface area contributed by atoms with E-state index < -0.39 is 0 Å². The minimum Gasteiger partial charge on any atom is -0.319 e. The highest BCUT2D eigenvalue weighted by atomic mass is 79.9. The van der Waals surface area contributed by atoms with Crippen LogP contribution >= 0.6 is 15.9 Å². The number of rotatable bonds is 2. The number of aromatic nitrogens is 4. The third-order valence-corrected chi connectivity index (χ3v) is 6.77. The van der Waals surface area contributed by atoms with Crippen molar-refractivity contribution >= 4 is 38.0 Å². The minimum absolute atomic E-state index is 0.167. The van der Waals surface area contributed by atoms with Crippen LogP contribution in [0.1, 0.15) is 16.7 Å². The molecule has 0 saturated carbocycles. The summed E-state index contributed by atoms with van der Waals surface area (Å²) < 4.78 is 0.933. The number of nitrogens with one attached hydrogen (secondary N) is 2. The summed E-state index contributed by atoms with van der Waals surface area (Å²) in [6, 6.07) is 28.1.